The number of halogens is 1. The molecule has 1 aliphatic rings. The molecule has 96 valence electrons. The highest BCUT2D eigenvalue weighted by molar-refractivity contribution is 9.08. The second-order valence-corrected chi connectivity index (χ2v) is 4.41. The van der Waals surface area contributed by atoms with Crippen molar-refractivity contribution in [3.8, 4) is 0 Å². The highest BCUT2D eigenvalue weighted by Gasteiger charge is 2.21. The minimum absolute atomic E-state index is 0.332. The van der Waals surface area contributed by atoms with Gasteiger partial charge >= 0.3 is 0 Å². The normalized spacial score (nSPS) is 21.4. The molecule has 0 aromatic heterocycles. The van der Waals surface area contributed by atoms with Crippen molar-refractivity contribution in [3.05, 3.63) is 11.1 Å². The molecule has 1 saturated heterocycles. The van der Waals surface area contributed by atoms with Gasteiger partial charge in [-0.3, -0.25) is 4.90 Å². The fraction of sp³-hybridized carbons (Fsp3) is 0.818. The number of piperidine rings is 1. The Morgan fingerprint density at radius 3 is 2.44 bits per heavy atom. The topological polar surface area (TPSA) is 12.5 Å². The second kappa shape index (κ2) is 9.83. The second-order valence-electron chi connectivity index (χ2n) is 3.78. The van der Waals surface area contributed by atoms with Crippen LogP contribution in [0.1, 0.15) is 6.42 Å². The molecule has 1 atom stereocenters. The van der Waals surface area contributed by atoms with Crippen molar-refractivity contribution in [1.82, 2.24) is 4.90 Å². The molecule has 0 amide bonds. The minimum atomic E-state index is 0.332. The van der Waals surface area contributed by atoms with Crippen molar-refractivity contribution < 1.29 is 4.74 Å². The lowest BCUT2D eigenvalue weighted by Gasteiger charge is -2.32. The number of alkyl halides is 1. The van der Waals surface area contributed by atoms with Crippen LogP contribution in [0.2, 0.25) is 0 Å². The summed E-state index contributed by atoms with van der Waals surface area (Å²) in [5.41, 5.74) is 2.81. The van der Waals surface area contributed by atoms with Gasteiger partial charge in [0.05, 0.1) is 6.10 Å². The molecular weight excluding hydrogens is 306 g/mol. The maximum atomic E-state index is 5.41. The summed E-state index contributed by atoms with van der Waals surface area (Å²) in [6.07, 6.45) is 1.37. The maximum Gasteiger partial charge on any atom is 0.0735 e. The third kappa shape index (κ3) is 5.45. The molecule has 1 aliphatic heterocycles. The summed E-state index contributed by atoms with van der Waals surface area (Å²) in [5, 5.41) is 0. The molecule has 0 spiro atoms. The first-order chi connectivity index (χ1) is 7.71. The molecule has 0 bridgehead atoms. The Morgan fingerprint density at radius 1 is 1.44 bits per heavy atom. The van der Waals surface area contributed by atoms with Gasteiger partial charge in [-0.25, -0.2) is 0 Å². The van der Waals surface area contributed by atoms with E-state index in [0.717, 1.165) is 31.0 Å². The molecule has 1 fully saturated rings. The number of hydrogen-bond donors (Lipinski definition) is 2. The lowest BCUT2D eigenvalue weighted by atomic mass is 9.98. The molecule has 2 nitrogen and oxygen atoms in total. The van der Waals surface area contributed by atoms with Crippen LogP contribution >= 0.6 is 41.2 Å². The van der Waals surface area contributed by atoms with Crippen molar-refractivity contribution in [2.24, 2.45) is 0 Å². The molecule has 5 heteroatoms. The first-order valence-corrected chi connectivity index (χ1v) is 8.07. The Hall–Kier alpha value is 0.840. The van der Waals surface area contributed by atoms with E-state index in [0.29, 0.717) is 6.10 Å². The molecule has 1 heterocycles. The van der Waals surface area contributed by atoms with Gasteiger partial charge in [0.1, 0.15) is 0 Å². The number of rotatable bonds is 3. The van der Waals surface area contributed by atoms with Gasteiger partial charge in [0.15, 0.2) is 0 Å². The Morgan fingerprint density at radius 2 is 2.00 bits per heavy atom. The average molecular weight is 328 g/mol. The van der Waals surface area contributed by atoms with Gasteiger partial charge in [0, 0.05) is 31.7 Å². The Balaban J connectivity index is 0.00000106. The molecule has 1 unspecified atom stereocenters. The molecule has 0 N–H and O–H groups in total. The fourth-order valence-electron chi connectivity index (χ4n) is 1.83. The van der Waals surface area contributed by atoms with E-state index < -0.39 is 0 Å². The summed E-state index contributed by atoms with van der Waals surface area (Å²) in [6, 6.07) is 0. The summed E-state index contributed by atoms with van der Waals surface area (Å²) in [5.74, 6) is 3.43. The lowest BCUT2D eigenvalue weighted by Crippen LogP contribution is -2.38. The van der Waals surface area contributed by atoms with Gasteiger partial charge in [-0.05, 0) is 19.3 Å². The highest BCUT2D eigenvalue weighted by Crippen LogP contribution is 2.21. The summed E-state index contributed by atoms with van der Waals surface area (Å²) < 4.78 is 5.41. The van der Waals surface area contributed by atoms with Gasteiger partial charge in [0.25, 0.3) is 0 Å². The quantitative estimate of drug-likeness (QED) is 0.469. The molecular formula is C11H22BrNOS2. The van der Waals surface area contributed by atoms with E-state index in [1.54, 1.807) is 7.11 Å². The summed E-state index contributed by atoms with van der Waals surface area (Å²) in [4.78, 5) is 2.29. The predicted molar refractivity (Wildman–Crippen MR) is 82.5 cm³/mol. The maximum absolute atomic E-state index is 5.41. The van der Waals surface area contributed by atoms with Crippen molar-refractivity contribution in [1.29, 1.82) is 0 Å². The highest BCUT2D eigenvalue weighted by atomic mass is 79.9. The van der Waals surface area contributed by atoms with Gasteiger partial charge in [-0.2, -0.15) is 25.3 Å². The standard InChI is InChI=1S/C10H19NOS2.CH3Br/c1-11-4-8(9(6-13)7-14)3-10(5-11)12-2;1-2/h10,13-14H,3-7H2,1-2H3;1H3. The Labute approximate surface area is 119 Å². The van der Waals surface area contributed by atoms with E-state index >= 15 is 0 Å². The number of thiol groups is 2. The van der Waals surface area contributed by atoms with Crippen LogP contribution in [0, 0.1) is 0 Å². The molecule has 0 radical (unpaired) electrons. The molecule has 1 rings (SSSR count). The van der Waals surface area contributed by atoms with E-state index in [-0.39, 0.29) is 0 Å². The predicted octanol–water partition coefficient (Wildman–Crippen LogP) is 2.50. The molecule has 0 aromatic carbocycles. The number of ether oxygens (including phenoxy) is 1. The van der Waals surface area contributed by atoms with Crippen molar-refractivity contribution in [2.45, 2.75) is 12.5 Å². The summed E-state index contributed by atoms with van der Waals surface area (Å²) >= 11 is 11.6. The number of likely N-dealkylation sites (N-methyl/N-ethyl adjacent to an activating group) is 1. The SMILES string of the molecule is CBr.COC1CC(=C(CS)CS)CN(C)C1. The van der Waals surface area contributed by atoms with Gasteiger partial charge in [-0.1, -0.05) is 27.1 Å². The van der Waals surface area contributed by atoms with Gasteiger partial charge in [-0.15, -0.1) is 0 Å². The Kier molecular flexibility index (Phi) is 10.3. The van der Waals surface area contributed by atoms with E-state index in [2.05, 4.69) is 53.1 Å². The zero-order valence-electron chi connectivity index (χ0n) is 10.2. The number of nitrogens with zero attached hydrogens (tertiary/aromatic N) is 1. The van der Waals surface area contributed by atoms with Crippen LogP contribution in [0.5, 0.6) is 0 Å². The first kappa shape index (κ1) is 16.8. The molecule has 0 aromatic rings. The minimum Gasteiger partial charge on any atom is -0.380 e. The lowest BCUT2D eigenvalue weighted by molar-refractivity contribution is 0.0583. The van der Waals surface area contributed by atoms with E-state index in [1.165, 1.54) is 11.1 Å². The van der Waals surface area contributed by atoms with Crippen molar-refractivity contribution >= 4 is 41.2 Å². The zero-order valence-corrected chi connectivity index (χ0v) is 13.6. The monoisotopic (exact) mass is 327 g/mol. The smallest absolute Gasteiger partial charge is 0.0735 e. The van der Waals surface area contributed by atoms with Gasteiger partial charge < -0.3 is 4.74 Å². The van der Waals surface area contributed by atoms with E-state index in [1.807, 2.05) is 5.83 Å². The third-order valence-corrected chi connectivity index (χ3v) is 3.43. The van der Waals surface area contributed by atoms with Crippen molar-refractivity contribution in [2.75, 3.05) is 44.6 Å². The third-order valence-electron chi connectivity index (χ3n) is 2.67. The van der Waals surface area contributed by atoms with Crippen LogP contribution in [0.4, 0.5) is 0 Å². The fourth-order valence-corrected chi connectivity index (χ4v) is 2.68. The first-order valence-electron chi connectivity index (χ1n) is 5.21. The van der Waals surface area contributed by atoms with Crippen LogP contribution in [0.25, 0.3) is 0 Å². The molecule has 16 heavy (non-hydrogen) atoms. The number of methoxy groups -OCH3 is 1. The van der Waals surface area contributed by atoms with E-state index in [9.17, 15) is 0 Å². The van der Waals surface area contributed by atoms with Crippen LogP contribution in [-0.2, 0) is 4.74 Å². The molecule has 0 aliphatic carbocycles. The van der Waals surface area contributed by atoms with Gasteiger partial charge in [0.2, 0.25) is 0 Å². The van der Waals surface area contributed by atoms with Crippen LogP contribution < -0.4 is 0 Å². The number of hydrogen-bond acceptors (Lipinski definition) is 4. The summed E-state index contributed by atoms with van der Waals surface area (Å²) in [6.45, 7) is 2.06. The summed E-state index contributed by atoms with van der Waals surface area (Å²) in [7, 11) is 3.91. The zero-order chi connectivity index (χ0) is 12.6. The largest absolute Gasteiger partial charge is 0.380 e. The number of likely N-dealkylation sites (tertiary alicyclic amines) is 1. The van der Waals surface area contributed by atoms with Crippen LogP contribution in [0.15, 0.2) is 11.1 Å². The van der Waals surface area contributed by atoms with Crippen molar-refractivity contribution in [3.63, 3.8) is 0 Å². The van der Waals surface area contributed by atoms with Crippen LogP contribution in [-0.4, -0.2) is 55.6 Å². The molecule has 0 saturated carbocycles. The average Bonchev–Trinajstić information content (AvgIpc) is 2.32. The Bertz CT molecular complexity index is 218. The van der Waals surface area contributed by atoms with Crippen LogP contribution in [0.3, 0.4) is 0 Å². The van der Waals surface area contributed by atoms with E-state index in [4.69, 9.17) is 4.74 Å².